The van der Waals surface area contributed by atoms with E-state index in [1.54, 1.807) is 24.5 Å². The Kier molecular flexibility index (Phi) is 3.78. The molecule has 3 rings (SSSR count). The van der Waals surface area contributed by atoms with Crippen LogP contribution in [0.2, 0.25) is 0 Å². The van der Waals surface area contributed by atoms with E-state index in [1.807, 2.05) is 4.90 Å². The van der Waals surface area contributed by atoms with Crippen LogP contribution in [0.1, 0.15) is 29.6 Å². The summed E-state index contributed by atoms with van der Waals surface area (Å²) in [5.74, 6) is 1.67. The van der Waals surface area contributed by atoms with Gasteiger partial charge in [-0.1, -0.05) is 0 Å². The first-order valence-electron chi connectivity index (χ1n) is 7.24. The molecular formula is C15H21N3O. The number of nitrogens with one attached hydrogen (secondary N) is 1. The fourth-order valence-corrected chi connectivity index (χ4v) is 3.35. The Labute approximate surface area is 114 Å². The van der Waals surface area contributed by atoms with Crippen molar-refractivity contribution in [2.75, 3.05) is 26.2 Å². The predicted octanol–water partition coefficient (Wildman–Crippen LogP) is 1.54. The van der Waals surface area contributed by atoms with Gasteiger partial charge in [0.2, 0.25) is 0 Å². The van der Waals surface area contributed by atoms with Crippen LogP contribution in [0.4, 0.5) is 0 Å². The van der Waals surface area contributed by atoms with Gasteiger partial charge in [0, 0.05) is 31.0 Å². The Balaban J connectivity index is 1.61. The zero-order chi connectivity index (χ0) is 13.1. The number of hydrogen-bond donors (Lipinski definition) is 1. The van der Waals surface area contributed by atoms with Gasteiger partial charge in [-0.25, -0.2) is 0 Å². The number of nitrogens with zero attached hydrogens (tertiary/aromatic N) is 2. The lowest BCUT2D eigenvalue weighted by Crippen LogP contribution is -2.34. The molecule has 3 heterocycles. The Morgan fingerprint density at radius 1 is 1.16 bits per heavy atom. The van der Waals surface area contributed by atoms with Gasteiger partial charge < -0.3 is 10.2 Å². The molecule has 2 fully saturated rings. The Hall–Kier alpha value is -1.42. The molecule has 2 saturated heterocycles. The highest BCUT2D eigenvalue weighted by Gasteiger charge is 2.32. The summed E-state index contributed by atoms with van der Waals surface area (Å²) in [5.41, 5.74) is 0.765. The molecule has 2 aliphatic rings. The summed E-state index contributed by atoms with van der Waals surface area (Å²) in [6.07, 6.45) is 7.08. The van der Waals surface area contributed by atoms with Gasteiger partial charge in [-0.05, 0) is 56.3 Å². The van der Waals surface area contributed by atoms with E-state index in [1.165, 1.54) is 19.3 Å². The number of aromatic nitrogens is 1. The molecule has 1 atom stereocenters. The number of pyridine rings is 1. The SMILES string of the molecule is O=C(c1ccncc1)N1CCC(C2CCNCC2)C1. The minimum Gasteiger partial charge on any atom is -0.338 e. The van der Waals surface area contributed by atoms with Crippen molar-refractivity contribution < 1.29 is 4.79 Å². The fourth-order valence-electron chi connectivity index (χ4n) is 3.35. The van der Waals surface area contributed by atoms with Crippen LogP contribution in [-0.2, 0) is 0 Å². The summed E-state index contributed by atoms with van der Waals surface area (Å²) in [5, 5.41) is 3.41. The highest BCUT2D eigenvalue weighted by molar-refractivity contribution is 5.94. The molecule has 0 bridgehead atoms. The van der Waals surface area contributed by atoms with Crippen LogP contribution in [0.5, 0.6) is 0 Å². The zero-order valence-electron chi connectivity index (χ0n) is 11.2. The molecule has 1 aromatic rings. The Morgan fingerprint density at radius 2 is 1.89 bits per heavy atom. The van der Waals surface area contributed by atoms with Crippen molar-refractivity contribution in [1.29, 1.82) is 0 Å². The standard InChI is InChI=1S/C15H21N3O/c19-15(13-3-8-17-9-4-13)18-10-5-14(11-18)12-1-6-16-7-2-12/h3-4,8-9,12,14,16H,1-2,5-7,10-11H2. The normalized spacial score (nSPS) is 24.6. The second kappa shape index (κ2) is 5.70. The lowest BCUT2D eigenvalue weighted by Gasteiger charge is -2.28. The number of hydrogen-bond acceptors (Lipinski definition) is 3. The van der Waals surface area contributed by atoms with Crippen molar-refractivity contribution in [2.45, 2.75) is 19.3 Å². The van der Waals surface area contributed by atoms with E-state index in [-0.39, 0.29) is 5.91 Å². The predicted molar refractivity (Wildman–Crippen MR) is 73.8 cm³/mol. The molecule has 4 nitrogen and oxygen atoms in total. The molecule has 0 saturated carbocycles. The van der Waals surface area contributed by atoms with Gasteiger partial charge in [0.1, 0.15) is 0 Å². The second-order valence-corrected chi connectivity index (χ2v) is 5.62. The van der Waals surface area contributed by atoms with Gasteiger partial charge >= 0.3 is 0 Å². The van der Waals surface area contributed by atoms with Gasteiger partial charge in [0.15, 0.2) is 0 Å². The molecule has 0 aliphatic carbocycles. The van der Waals surface area contributed by atoms with Crippen molar-refractivity contribution in [3.8, 4) is 0 Å². The van der Waals surface area contributed by atoms with Crippen LogP contribution < -0.4 is 5.32 Å². The summed E-state index contributed by atoms with van der Waals surface area (Å²) in [6, 6.07) is 3.61. The molecule has 2 aliphatic heterocycles. The Morgan fingerprint density at radius 3 is 2.63 bits per heavy atom. The van der Waals surface area contributed by atoms with Crippen molar-refractivity contribution in [3.05, 3.63) is 30.1 Å². The van der Waals surface area contributed by atoms with Crippen LogP contribution >= 0.6 is 0 Å². The van der Waals surface area contributed by atoms with E-state index >= 15 is 0 Å². The van der Waals surface area contributed by atoms with Crippen molar-refractivity contribution in [2.24, 2.45) is 11.8 Å². The third-order valence-corrected chi connectivity index (χ3v) is 4.49. The van der Waals surface area contributed by atoms with Crippen LogP contribution in [0.25, 0.3) is 0 Å². The largest absolute Gasteiger partial charge is 0.338 e. The average molecular weight is 259 g/mol. The summed E-state index contributed by atoms with van der Waals surface area (Å²) in [6.45, 7) is 4.13. The number of likely N-dealkylation sites (tertiary alicyclic amines) is 1. The molecule has 1 N–H and O–H groups in total. The lowest BCUT2D eigenvalue weighted by molar-refractivity contribution is 0.0780. The fraction of sp³-hybridized carbons (Fsp3) is 0.600. The maximum Gasteiger partial charge on any atom is 0.253 e. The van der Waals surface area contributed by atoms with Gasteiger partial charge in [-0.3, -0.25) is 9.78 Å². The van der Waals surface area contributed by atoms with Crippen LogP contribution in [0.3, 0.4) is 0 Å². The third kappa shape index (κ3) is 2.78. The van der Waals surface area contributed by atoms with Crippen molar-refractivity contribution in [3.63, 3.8) is 0 Å². The summed E-state index contributed by atoms with van der Waals surface area (Å²) < 4.78 is 0. The third-order valence-electron chi connectivity index (χ3n) is 4.49. The van der Waals surface area contributed by atoms with Crippen molar-refractivity contribution >= 4 is 5.91 Å². The zero-order valence-corrected chi connectivity index (χ0v) is 11.2. The highest BCUT2D eigenvalue weighted by Crippen LogP contribution is 2.30. The first-order valence-corrected chi connectivity index (χ1v) is 7.24. The number of rotatable bonds is 2. The van der Waals surface area contributed by atoms with E-state index in [2.05, 4.69) is 10.3 Å². The first kappa shape index (κ1) is 12.6. The number of carbonyl (C=O) groups is 1. The summed E-state index contributed by atoms with van der Waals surface area (Å²) in [7, 11) is 0. The Bertz CT molecular complexity index is 428. The lowest BCUT2D eigenvalue weighted by atomic mass is 9.84. The molecule has 1 unspecified atom stereocenters. The van der Waals surface area contributed by atoms with Gasteiger partial charge in [0.05, 0.1) is 0 Å². The maximum absolute atomic E-state index is 12.4. The number of piperidine rings is 1. The average Bonchev–Trinajstić information content (AvgIpc) is 2.98. The van der Waals surface area contributed by atoms with Gasteiger partial charge in [0.25, 0.3) is 5.91 Å². The molecular weight excluding hydrogens is 238 g/mol. The summed E-state index contributed by atoms with van der Waals surface area (Å²) in [4.78, 5) is 18.3. The highest BCUT2D eigenvalue weighted by atomic mass is 16.2. The molecule has 4 heteroatoms. The van der Waals surface area contributed by atoms with Gasteiger partial charge in [-0.2, -0.15) is 0 Å². The van der Waals surface area contributed by atoms with E-state index in [4.69, 9.17) is 0 Å². The molecule has 1 amide bonds. The van der Waals surface area contributed by atoms with E-state index < -0.39 is 0 Å². The van der Waals surface area contributed by atoms with E-state index in [0.717, 1.165) is 37.7 Å². The monoisotopic (exact) mass is 259 g/mol. The topological polar surface area (TPSA) is 45.2 Å². The molecule has 0 aromatic carbocycles. The minimum atomic E-state index is 0.166. The first-order chi connectivity index (χ1) is 9.34. The quantitative estimate of drug-likeness (QED) is 0.876. The minimum absolute atomic E-state index is 0.166. The van der Waals surface area contributed by atoms with Crippen molar-refractivity contribution in [1.82, 2.24) is 15.2 Å². The van der Waals surface area contributed by atoms with E-state index in [0.29, 0.717) is 5.92 Å². The second-order valence-electron chi connectivity index (χ2n) is 5.62. The van der Waals surface area contributed by atoms with Gasteiger partial charge in [-0.15, -0.1) is 0 Å². The molecule has 0 spiro atoms. The van der Waals surface area contributed by atoms with Crippen LogP contribution in [-0.4, -0.2) is 42.0 Å². The molecule has 0 radical (unpaired) electrons. The molecule has 102 valence electrons. The van der Waals surface area contributed by atoms with Crippen LogP contribution in [0, 0.1) is 11.8 Å². The van der Waals surface area contributed by atoms with E-state index in [9.17, 15) is 4.79 Å². The molecule has 1 aromatic heterocycles. The van der Waals surface area contributed by atoms with Crippen LogP contribution in [0.15, 0.2) is 24.5 Å². The number of amides is 1. The molecule has 19 heavy (non-hydrogen) atoms. The maximum atomic E-state index is 12.4. The number of carbonyl (C=O) groups excluding carboxylic acids is 1. The summed E-state index contributed by atoms with van der Waals surface area (Å²) >= 11 is 0. The smallest absolute Gasteiger partial charge is 0.253 e.